The third-order valence-electron chi connectivity index (χ3n) is 15.7. The summed E-state index contributed by atoms with van der Waals surface area (Å²) >= 11 is 0. The molecule has 0 fully saturated rings. The van der Waals surface area contributed by atoms with Gasteiger partial charge < -0.3 is 95.4 Å². The minimum absolute atomic E-state index is 0.00273. The number of esters is 4. The number of carbonyl (C=O) groups excluding carboxylic acids is 4. The maximum atomic E-state index is 14.0. The molecule has 1 aromatic carbocycles. The van der Waals surface area contributed by atoms with Crippen LogP contribution >= 0.6 is 0 Å². The second-order valence-corrected chi connectivity index (χ2v) is 24.0. The van der Waals surface area contributed by atoms with Crippen molar-refractivity contribution in [2.75, 3.05) is 264 Å². The Kier molecular flexibility index (Phi) is 66.5. The van der Waals surface area contributed by atoms with Crippen molar-refractivity contribution in [3.05, 3.63) is 34.4 Å². The van der Waals surface area contributed by atoms with Crippen LogP contribution in [-0.2, 0) is 75.8 Å². The van der Waals surface area contributed by atoms with Gasteiger partial charge in [-0.05, 0) is 116 Å². The minimum Gasteiger partial charge on any atom is -0.460 e. The van der Waals surface area contributed by atoms with E-state index in [1.807, 2.05) is 0 Å². The molecule has 0 unspecified atom stereocenters. The molecule has 0 aliphatic rings. The lowest BCUT2D eigenvalue weighted by Crippen LogP contribution is -2.30. The summed E-state index contributed by atoms with van der Waals surface area (Å²) in [6.07, 6.45) is 18.6. The lowest BCUT2D eigenvalue weighted by molar-refractivity contribution is -0.00291. The van der Waals surface area contributed by atoms with Gasteiger partial charge in [0, 0.05) is 26.2 Å². The summed E-state index contributed by atoms with van der Waals surface area (Å²) in [5, 5.41) is 0. The highest BCUT2D eigenvalue weighted by Gasteiger charge is 2.29. The number of unbranched alkanes of at least 4 members (excludes halogenated alkanes) is 8. The highest BCUT2D eigenvalue weighted by molar-refractivity contribution is 6.10. The van der Waals surface area contributed by atoms with Gasteiger partial charge in [-0.1, -0.05) is 107 Å². The predicted molar refractivity (Wildman–Crippen MR) is 382 cm³/mol. The van der Waals surface area contributed by atoms with E-state index in [2.05, 4.69) is 75.0 Å². The van der Waals surface area contributed by atoms with E-state index in [1.54, 1.807) is 0 Å². The Bertz CT molecular complexity index is 1680. The van der Waals surface area contributed by atoms with Crippen molar-refractivity contribution in [3.8, 4) is 0 Å². The molecule has 0 amide bonds. The van der Waals surface area contributed by atoms with Gasteiger partial charge >= 0.3 is 23.9 Å². The van der Waals surface area contributed by atoms with Crippen LogP contribution in [0.3, 0.4) is 0 Å². The molecule has 98 heavy (non-hydrogen) atoms. The molecule has 0 aromatic heterocycles. The first-order valence-electron chi connectivity index (χ1n) is 37.8. The SMILES string of the molecule is CCCCN(CCCC)CCOCCOCCOCCOC(=O)c1cc(C(=O)OCCOCCOCCOCCN(CCCC)CCCC)c(C(=O)OCCOCCOCCOCCN(CCCC)CCCC)cc1C(=O)OCCOCCOCCOCCN(CCCC)CCCC. The number of hydrogen-bond donors (Lipinski definition) is 0. The van der Waals surface area contributed by atoms with E-state index in [4.69, 9.17) is 75.8 Å². The molecule has 0 aliphatic heterocycles. The van der Waals surface area contributed by atoms with Crippen LogP contribution in [-0.4, -0.2) is 307 Å². The molecule has 1 aromatic rings. The molecular weight excluding hydrogens is 1260 g/mol. The molecule has 0 heterocycles. The zero-order chi connectivity index (χ0) is 71.3. The monoisotopic (exact) mass is 1400 g/mol. The van der Waals surface area contributed by atoms with Gasteiger partial charge in [0.1, 0.15) is 26.4 Å². The van der Waals surface area contributed by atoms with Gasteiger partial charge in [-0.3, -0.25) is 0 Å². The van der Waals surface area contributed by atoms with Gasteiger partial charge in [0.15, 0.2) is 0 Å². The Balaban J connectivity index is 3.09. The molecule has 0 aliphatic carbocycles. The van der Waals surface area contributed by atoms with Crippen molar-refractivity contribution < 1.29 is 95.0 Å². The van der Waals surface area contributed by atoms with E-state index >= 15 is 0 Å². The molecule has 574 valence electrons. The van der Waals surface area contributed by atoms with E-state index in [-0.39, 0.29) is 102 Å². The standard InChI is InChI=1S/C74H138N4O20/c1-9-17-25-75(26-18-10-2)33-37-83-41-45-87-49-53-91-57-61-95-71(79)67-65-69(73(81)97-63-59-93-55-51-89-47-43-85-39-35-77(29-21-13-5)30-22-14-6)70(74(82)98-64-60-94-56-52-90-48-44-86-40-36-78(31-23-15-7)32-24-16-8)66-68(67)72(80)96-62-58-92-54-50-88-46-42-84-38-34-76(27-19-11-3)28-20-12-4/h65-66H,9-64H2,1-8H3. The minimum atomic E-state index is -0.984. The summed E-state index contributed by atoms with van der Waals surface area (Å²) in [5.74, 6) is -3.94. The Morgan fingerprint density at radius 1 is 0.204 bits per heavy atom. The first-order valence-corrected chi connectivity index (χ1v) is 37.8. The first-order chi connectivity index (χ1) is 48.1. The second-order valence-electron chi connectivity index (χ2n) is 24.0. The normalized spacial score (nSPS) is 11.7. The topological polar surface area (TPSA) is 229 Å². The predicted octanol–water partition coefficient (Wildman–Crippen LogP) is 10.1. The van der Waals surface area contributed by atoms with E-state index in [0.29, 0.717) is 106 Å². The second kappa shape index (κ2) is 70.5. The average Bonchev–Trinajstić information content (AvgIpc) is 0.789. The highest BCUT2D eigenvalue weighted by atomic mass is 16.6. The summed E-state index contributed by atoms with van der Waals surface area (Å²) in [6.45, 7) is 36.9. The summed E-state index contributed by atoms with van der Waals surface area (Å²) in [7, 11) is 0. The molecular formula is C74H138N4O20. The molecule has 1 rings (SSSR count). The third kappa shape index (κ3) is 53.3. The van der Waals surface area contributed by atoms with Gasteiger partial charge in [0.2, 0.25) is 0 Å². The number of hydrogen-bond acceptors (Lipinski definition) is 24. The molecule has 24 heteroatoms. The lowest BCUT2D eigenvalue weighted by Gasteiger charge is -2.21. The molecule has 0 N–H and O–H groups in total. The third-order valence-corrected chi connectivity index (χ3v) is 15.7. The summed E-state index contributed by atoms with van der Waals surface area (Å²) in [6, 6.07) is 2.15. The largest absolute Gasteiger partial charge is 0.460 e. The number of ether oxygens (including phenoxy) is 16. The molecule has 0 radical (unpaired) electrons. The van der Waals surface area contributed by atoms with E-state index in [9.17, 15) is 19.2 Å². The van der Waals surface area contributed by atoms with Crippen molar-refractivity contribution in [1.29, 1.82) is 0 Å². The smallest absolute Gasteiger partial charge is 0.339 e. The Morgan fingerprint density at radius 3 is 0.480 bits per heavy atom. The van der Waals surface area contributed by atoms with E-state index < -0.39 is 23.9 Å². The molecule has 0 atom stereocenters. The van der Waals surface area contributed by atoms with Gasteiger partial charge in [-0.25, -0.2) is 19.2 Å². The van der Waals surface area contributed by atoms with Gasteiger partial charge in [-0.2, -0.15) is 0 Å². The first kappa shape index (κ1) is 92.5. The van der Waals surface area contributed by atoms with Gasteiger partial charge in [0.25, 0.3) is 0 Å². The zero-order valence-electron chi connectivity index (χ0n) is 62.7. The molecule has 24 nitrogen and oxygen atoms in total. The number of nitrogens with zero attached hydrogens (tertiary/aromatic N) is 4. The Labute approximate surface area is 592 Å². The highest BCUT2D eigenvalue weighted by Crippen LogP contribution is 2.23. The fraction of sp³-hybridized carbons (Fsp3) is 0.865. The van der Waals surface area contributed by atoms with Crippen molar-refractivity contribution >= 4 is 23.9 Å². The summed E-state index contributed by atoms with van der Waals surface area (Å²) < 4.78 is 91.2. The Morgan fingerprint density at radius 2 is 0.337 bits per heavy atom. The van der Waals surface area contributed by atoms with Crippen molar-refractivity contribution in [1.82, 2.24) is 19.6 Å². The van der Waals surface area contributed by atoms with E-state index in [1.165, 1.54) is 51.4 Å². The van der Waals surface area contributed by atoms with Crippen LogP contribution < -0.4 is 0 Å². The van der Waals surface area contributed by atoms with Gasteiger partial charge in [0.05, 0.1) is 181 Å². The fourth-order valence-corrected chi connectivity index (χ4v) is 9.70. The van der Waals surface area contributed by atoms with Crippen LogP contribution in [0.25, 0.3) is 0 Å². The maximum absolute atomic E-state index is 14.0. The van der Waals surface area contributed by atoms with Crippen LogP contribution in [0.5, 0.6) is 0 Å². The fourth-order valence-electron chi connectivity index (χ4n) is 9.70. The number of carbonyl (C=O) groups is 4. The number of benzene rings is 1. The van der Waals surface area contributed by atoms with E-state index in [0.717, 1.165) is 142 Å². The van der Waals surface area contributed by atoms with Crippen molar-refractivity contribution in [2.24, 2.45) is 0 Å². The quantitative estimate of drug-likeness (QED) is 0.0335. The van der Waals surface area contributed by atoms with Crippen LogP contribution in [0.2, 0.25) is 0 Å². The summed E-state index contributed by atoms with van der Waals surface area (Å²) in [5.41, 5.74) is -1.43. The van der Waals surface area contributed by atoms with Crippen LogP contribution in [0, 0.1) is 0 Å². The van der Waals surface area contributed by atoms with Gasteiger partial charge in [-0.15, -0.1) is 0 Å². The van der Waals surface area contributed by atoms with Crippen LogP contribution in [0.4, 0.5) is 0 Å². The zero-order valence-corrected chi connectivity index (χ0v) is 62.7. The average molecular weight is 1400 g/mol. The maximum Gasteiger partial charge on any atom is 0.339 e. The van der Waals surface area contributed by atoms with Crippen molar-refractivity contribution in [2.45, 2.75) is 158 Å². The molecule has 0 spiro atoms. The Hall–Kier alpha value is -3.54. The lowest BCUT2D eigenvalue weighted by atomic mass is 9.98. The molecule has 0 bridgehead atoms. The molecule has 0 saturated heterocycles. The summed E-state index contributed by atoms with van der Waals surface area (Å²) in [4.78, 5) is 65.8. The molecule has 0 saturated carbocycles. The number of rotatable bonds is 76. The van der Waals surface area contributed by atoms with Crippen molar-refractivity contribution in [3.63, 3.8) is 0 Å². The van der Waals surface area contributed by atoms with Crippen LogP contribution in [0.1, 0.15) is 200 Å². The van der Waals surface area contributed by atoms with Crippen LogP contribution in [0.15, 0.2) is 12.1 Å².